The minimum atomic E-state index is -2.84. The number of benzene rings is 1. The number of rotatable bonds is 9. The van der Waals surface area contributed by atoms with Crippen molar-refractivity contribution in [3.8, 4) is 0 Å². The van der Waals surface area contributed by atoms with Gasteiger partial charge >= 0.3 is 0 Å². The van der Waals surface area contributed by atoms with Crippen molar-refractivity contribution in [2.75, 3.05) is 32.2 Å². The smallest absolute Gasteiger partial charge is 0.285 e. The van der Waals surface area contributed by atoms with Crippen molar-refractivity contribution < 1.29 is 13.5 Å². The predicted octanol–water partition coefficient (Wildman–Crippen LogP) is 3.01. The molecule has 0 saturated carbocycles. The maximum atomic E-state index is 13.7. The number of nitrogens with one attached hydrogen (secondary N) is 1. The quantitative estimate of drug-likeness (QED) is 0.553. The summed E-state index contributed by atoms with van der Waals surface area (Å²) in [6.07, 6.45) is 0.696. The van der Waals surface area contributed by atoms with Crippen LogP contribution in [-0.4, -0.2) is 32.2 Å². The molecular weight excluding hydrogens is 260 g/mol. The summed E-state index contributed by atoms with van der Waals surface area (Å²) < 4.78 is 32.5. The number of hydrogen-bond acceptors (Lipinski definition) is 2. The van der Waals surface area contributed by atoms with Crippen molar-refractivity contribution in [1.29, 1.82) is 0 Å². The molecule has 0 spiro atoms. The van der Waals surface area contributed by atoms with Gasteiger partial charge in [-0.25, -0.2) is 0 Å². The second-order valence-electron chi connectivity index (χ2n) is 3.90. The van der Waals surface area contributed by atoms with Gasteiger partial charge in [0.25, 0.3) is 5.92 Å². The van der Waals surface area contributed by atoms with Gasteiger partial charge < -0.3 is 10.1 Å². The predicted molar refractivity (Wildman–Crippen MR) is 69.4 cm³/mol. The number of ether oxygens (including phenoxy) is 1. The van der Waals surface area contributed by atoms with Crippen LogP contribution in [0.5, 0.6) is 0 Å². The third-order valence-electron chi connectivity index (χ3n) is 2.41. The van der Waals surface area contributed by atoms with E-state index in [9.17, 15) is 8.78 Å². The van der Waals surface area contributed by atoms with Crippen LogP contribution >= 0.6 is 11.6 Å². The van der Waals surface area contributed by atoms with Gasteiger partial charge in [-0.3, -0.25) is 0 Å². The minimum Gasteiger partial charge on any atom is -0.380 e. The molecule has 0 aliphatic heterocycles. The Morgan fingerprint density at radius 1 is 1.17 bits per heavy atom. The topological polar surface area (TPSA) is 21.3 Å². The second-order valence-corrected chi connectivity index (χ2v) is 4.28. The molecule has 2 nitrogen and oxygen atoms in total. The fourth-order valence-corrected chi connectivity index (χ4v) is 1.59. The molecule has 1 aromatic carbocycles. The molecule has 0 heterocycles. The summed E-state index contributed by atoms with van der Waals surface area (Å²) >= 11 is 5.43. The average Bonchev–Trinajstić information content (AvgIpc) is 2.39. The highest BCUT2D eigenvalue weighted by atomic mass is 35.5. The van der Waals surface area contributed by atoms with E-state index in [1.807, 2.05) is 0 Å². The van der Waals surface area contributed by atoms with Crippen molar-refractivity contribution in [2.24, 2.45) is 0 Å². The number of halogens is 3. The fraction of sp³-hybridized carbons (Fsp3) is 0.538. The zero-order chi connectivity index (χ0) is 13.3. The summed E-state index contributed by atoms with van der Waals surface area (Å²) in [5, 5.41) is 2.74. The molecule has 0 unspecified atom stereocenters. The number of hydrogen-bond donors (Lipinski definition) is 1. The lowest BCUT2D eigenvalue weighted by atomic mass is 10.1. The lowest BCUT2D eigenvalue weighted by molar-refractivity contribution is -0.00345. The van der Waals surface area contributed by atoms with Crippen molar-refractivity contribution in [3.63, 3.8) is 0 Å². The molecular formula is C13H18ClF2NO. The maximum absolute atomic E-state index is 13.7. The zero-order valence-electron chi connectivity index (χ0n) is 10.2. The molecule has 102 valence electrons. The lowest BCUT2D eigenvalue weighted by Gasteiger charge is -2.17. The zero-order valence-corrected chi connectivity index (χ0v) is 10.9. The van der Waals surface area contributed by atoms with Crippen LogP contribution < -0.4 is 5.32 Å². The Labute approximate surface area is 111 Å². The molecule has 0 aromatic heterocycles. The molecule has 5 heteroatoms. The molecule has 1 N–H and O–H groups in total. The maximum Gasteiger partial charge on any atom is 0.285 e. The largest absolute Gasteiger partial charge is 0.380 e. The Morgan fingerprint density at radius 3 is 2.56 bits per heavy atom. The van der Waals surface area contributed by atoms with Gasteiger partial charge in [-0.2, -0.15) is 8.78 Å². The Kier molecular flexibility index (Phi) is 7.16. The summed E-state index contributed by atoms with van der Waals surface area (Å²) in [5.74, 6) is -2.38. The number of alkyl halides is 3. The third kappa shape index (κ3) is 5.76. The molecule has 0 amide bonds. The first kappa shape index (κ1) is 15.3. The van der Waals surface area contributed by atoms with Crippen LogP contribution in [0.15, 0.2) is 30.3 Å². The molecule has 1 aromatic rings. The van der Waals surface area contributed by atoms with Gasteiger partial charge in [0.2, 0.25) is 0 Å². The van der Waals surface area contributed by atoms with Crippen LogP contribution in [-0.2, 0) is 10.7 Å². The Hall–Kier alpha value is -0.710. The van der Waals surface area contributed by atoms with E-state index in [2.05, 4.69) is 5.32 Å². The Balaban J connectivity index is 2.18. The molecule has 0 aliphatic rings. The monoisotopic (exact) mass is 277 g/mol. The second kappa shape index (κ2) is 8.40. The minimum absolute atomic E-state index is 0.0379. The first-order valence-electron chi connectivity index (χ1n) is 5.94. The fourth-order valence-electron chi connectivity index (χ4n) is 1.49. The van der Waals surface area contributed by atoms with Crippen LogP contribution in [0.4, 0.5) is 8.78 Å². The Bertz CT molecular complexity index is 322. The van der Waals surface area contributed by atoms with E-state index in [1.54, 1.807) is 18.2 Å². The van der Waals surface area contributed by atoms with Gasteiger partial charge in [-0.05, 0) is 13.0 Å². The van der Waals surface area contributed by atoms with Crippen molar-refractivity contribution in [2.45, 2.75) is 12.3 Å². The SMILES string of the molecule is FC(F)(CNCCCOCCCl)c1ccccc1. The van der Waals surface area contributed by atoms with Gasteiger partial charge in [-0.1, -0.05) is 30.3 Å². The van der Waals surface area contributed by atoms with Gasteiger partial charge in [0.1, 0.15) is 0 Å². The highest BCUT2D eigenvalue weighted by Crippen LogP contribution is 2.26. The van der Waals surface area contributed by atoms with Crippen LogP contribution in [0, 0.1) is 0 Å². The van der Waals surface area contributed by atoms with Gasteiger partial charge in [0.05, 0.1) is 13.2 Å². The van der Waals surface area contributed by atoms with Crippen molar-refractivity contribution >= 4 is 11.6 Å². The molecule has 0 bridgehead atoms. The molecule has 18 heavy (non-hydrogen) atoms. The van der Waals surface area contributed by atoms with E-state index in [0.29, 0.717) is 32.1 Å². The van der Waals surface area contributed by atoms with Crippen LogP contribution in [0.3, 0.4) is 0 Å². The Morgan fingerprint density at radius 2 is 1.89 bits per heavy atom. The van der Waals surface area contributed by atoms with Crippen LogP contribution in [0.25, 0.3) is 0 Å². The molecule has 0 aliphatic carbocycles. The molecule has 0 saturated heterocycles. The third-order valence-corrected chi connectivity index (χ3v) is 2.56. The van der Waals surface area contributed by atoms with E-state index >= 15 is 0 Å². The standard InChI is InChI=1S/C13H18ClF2NO/c14-7-10-18-9-4-8-17-11-13(15,16)12-5-2-1-3-6-12/h1-3,5-6,17H,4,7-11H2. The van der Waals surface area contributed by atoms with Gasteiger partial charge in [-0.15, -0.1) is 11.6 Å². The van der Waals surface area contributed by atoms with E-state index < -0.39 is 5.92 Å². The summed E-state index contributed by atoms with van der Waals surface area (Å²) in [6.45, 7) is 1.19. The summed E-state index contributed by atoms with van der Waals surface area (Å²) in [6, 6.07) is 7.82. The summed E-state index contributed by atoms with van der Waals surface area (Å²) in [4.78, 5) is 0. The van der Waals surface area contributed by atoms with Crippen LogP contribution in [0.2, 0.25) is 0 Å². The lowest BCUT2D eigenvalue weighted by Crippen LogP contribution is -2.31. The molecule has 0 fully saturated rings. The molecule has 1 rings (SSSR count). The van der Waals surface area contributed by atoms with E-state index in [0.717, 1.165) is 0 Å². The molecule has 0 radical (unpaired) electrons. The normalized spacial score (nSPS) is 11.7. The van der Waals surface area contributed by atoms with Crippen molar-refractivity contribution in [1.82, 2.24) is 5.32 Å². The van der Waals surface area contributed by atoms with Crippen LogP contribution in [0.1, 0.15) is 12.0 Å². The van der Waals surface area contributed by atoms with E-state index in [-0.39, 0.29) is 12.1 Å². The van der Waals surface area contributed by atoms with Gasteiger partial charge in [0, 0.05) is 18.1 Å². The average molecular weight is 278 g/mol. The highest BCUT2D eigenvalue weighted by molar-refractivity contribution is 6.17. The van der Waals surface area contributed by atoms with Crippen molar-refractivity contribution in [3.05, 3.63) is 35.9 Å². The van der Waals surface area contributed by atoms with Gasteiger partial charge in [0.15, 0.2) is 0 Å². The highest BCUT2D eigenvalue weighted by Gasteiger charge is 2.30. The molecule has 0 atom stereocenters. The summed E-state index contributed by atoms with van der Waals surface area (Å²) in [5.41, 5.74) is 0.0379. The summed E-state index contributed by atoms with van der Waals surface area (Å²) in [7, 11) is 0. The first-order valence-corrected chi connectivity index (χ1v) is 6.48. The van der Waals surface area contributed by atoms with E-state index in [1.165, 1.54) is 12.1 Å². The van der Waals surface area contributed by atoms with E-state index in [4.69, 9.17) is 16.3 Å². The first-order chi connectivity index (χ1) is 8.67.